The van der Waals surface area contributed by atoms with Crippen molar-refractivity contribution < 1.29 is 0 Å². The maximum atomic E-state index is 6.74. The Morgan fingerprint density at radius 3 is 2.60 bits per heavy atom. The molecule has 0 amide bonds. The summed E-state index contributed by atoms with van der Waals surface area (Å²) in [7, 11) is 0. The van der Waals surface area contributed by atoms with Crippen LogP contribution in [-0.2, 0) is 0 Å². The van der Waals surface area contributed by atoms with Crippen LogP contribution in [0, 0.1) is 11.3 Å². The average Bonchev–Trinajstić information content (AvgIpc) is 1.97. The van der Waals surface area contributed by atoms with Gasteiger partial charge in [-0.15, -0.1) is 0 Å². The molecule has 0 fully saturated rings. The largest absolute Gasteiger partial charge is 0.309 e. The van der Waals surface area contributed by atoms with Crippen molar-refractivity contribution in [3.63, 3.8) is 0 Å². The van der Waals surface area contributed by atoms with Gasteiger partial charge in [-0.3, -0.25) is 0 Å². The predicted molar refractivity (Wildman–Crippen MR) is 46.5 cm³/mol. The summed E-state index contributed by atoms with van der Waals surface area (Å²) in [5.74, 6) is 0.460. The lowest BCUT2D eigenvalue weighted by atomic mass is 10.1. The van der Waals surface area contributed by atoms with Crippen molar-refractivity contribution >= 4 is 6.21 Å². The van der Waals surface area contributed by atoms with Crippen LogP contribution in [0.5, 0.6) is 0 Å². The summed E-state index contributed by atoms with van der Waals surface area (Å²) < 4.78 is 0. The van der Waals surface area contributed by atoms with E-state index in [-0.39, 0.29) is 0 Å². The lowest BCUT2D eigenvalue weighted by Gasteiger charge is -1.93. The Labute approximate surface area is 63.0 Å². The molecular formula is C9H15N. The summed E-state index contributed by atoms with van der Waals surface area (Å²) >= 11 is 0. The quantitative estimate of drug-likeness (QED) is 0.455. The highest BCUT2D eigenvalue weighted by Crippen LogP contribution is 1.98. The molecule has 1 atom stereocenters. The van der Waals surface area contributed by atoms with Gasteiger partial charge in [0.1, 0.15) is 0 Å². The molecule has 0 aromatic carbocycles. The van der Waals surface area contributed by atoms with Gasteiger partial charge in [-0.05, 0) is 18.4 Å². The molecule has 0 aliphatic heterocycles. The summed E-state index contributed by atoms with van der Waals surface area (Å²) in [4.78, 5) is 0. The van der Waals surface area contributed by atoms with Crippen LogP contribution >= 0.6 is 0 Å². The number of hydrogen-bond acceptors (Lipinski definition) is 1. The minimum atomic E-state index is 0.460. The number of nitrogens with one attached hydrogen (secondary N) is 1. The van der Waals surface area contributed by atoms with E-state index in [1.165, 1.54) is 6.21 Å². The first kappa shape index (κ1) is 9.15. The maximum absolute atomic E-state index is 6.74. The molecule has 0 saturated heterocycles. The second-order valence-corrected chi connectivity index (χ2v) is 2.25. The number of rotatable bonds is 4. The topological polar surface area (TPSA) is 23.9 Å². The van der Waals surface area contributed by atoms with Gasteiger partial charge in [0.15, 0.2) is 0 Å². The summed E-state index contributed by atoms with van der Waals surface area (Å²) in [6.45, 7) is 4.22. The van der Waals surface area contributed by atoms with E-state index in [2.05, 4.69) is 26.0 Å². The van der Waals surface area contributed by atoms with E-state index in [0.29, 0.717) is 5.92 Å². The summed E-state index contributed by atoms with van der Waals surface area (Å²) in [6.07, 6.45) is 10.4. The molecule has 1 unspecified atom stereocenters. The van der Waals surface area contributed by atoms with Gasteiger partial charge in [0.2, 0.25) is 0 Å². The molecule has 0 rings (SSSR count). The smallest absolute Gasteiger partial charge is 0.0174 e. The number of hydrogen-bond donors (Lipinski definition) is 1. The van der Waals surface area contributed by atoms with E-state index in [1.54, 1.807) is 6.08 Å². The molecule has 0 radical (unpaired) electrons. The highest BCUT2D eigenvalue weighted by Gasteiger charge is 1.85. The van der Waals surface area contributed by atoms with Gasteiger partial charge in [-0.2, -0.15) is 0 Å². The molecule has 0 heterocycles. The van der Waals surface area contributed by atoms with Crippen LogP contribution in [0.1, 0.15) is 20.3 Å². The Hall–Kier alpha value is -0.850. The first-order valence-electron chi connectivity index (χ1n) is 3.65. The standard InChI is InChI=1S/C9H15N/c1-3-4-6-9(2)7-5-8-10/h4-10H,3H2,1-2H3/b6-4-,7-5-,10-8?. The molecule has 1 N–H and O–H groups in total. The minimum absolute atomic E-state index is 0.460. The zero-order chi connectivity index (χ0) is 7.82. The van der Waals surface area contributed by atoms with E-state index in [4.69, 9.17) is 5.41 Å². The van der Waals surface area contributed by atoms with E-state index in [1.807, 2.05) is 6.08 Å². The molecule has 0 aliphatic carbocycles. The van der Waals surface area contributed by atoms with Crippen molar-refractivity contribution in [2.75, 3.05) is 0 Å². The number of allylic oxidation sites excluding steroid dienone is 4. The van der Waals surface area contributed by atoms with Gasteiger partial charge in [-0.25, -0.2) is 0 Å². The van der Waals surface area contributed by atoms with E-state index < -0.39 is 0 Å². The lowest BCUT2D eigenvalue weighted by molar-refractivity contribution is 0.931. The molecule has 10 heavy (non-hydrogen) atoms. The third kappa shape index (κ3) is 5.29. The Balaban J connectivity index is 3.61. The molecule has 0 aliphatic rings. The fourth-order valence-electron chi connectivity index (χ4n) is 0.646. The van der Waals surface area contributed by atoms with Crippen LogP contribution in [0.4, 0.5) is 0 Å². The normalized spacial score (nSPS) is 14.6. The Morgan fingerprint density at radius 1 is 1.40 bits per heavy atom. The molecule has 0 spiro atoms. The van der Waals surface area contributed by atoms with Crippen molar-refractivity contribution in [2.24, 2.45) is 5.92 Å². The summed E-state index contributed by atoms with van der Waals surface area (Å²) in [5, 5.41) is 6.74. The highest BCUT2D eigenvalue weighted by molar-refractivity contribution is 5.67. The monoisotopic (exact) mass is 137 g/mol. The third-order valence-corrected chi connectivity index (χ3v) is 1.19. The van der Waals surface area contributed by atoms with Crippen LogP contribution in [0.3, 0.4) is 0 Å². The Morgan fingerprint density at radius 2 is 2.10 bits per heavy atom. The Kier molecular flexibility index (Phi) is 5.74. The molecule has 56 valence electrons. The van der Waals surface area contributed by atoms with Crippen molar-refractivity contribution in [3.8, 4) is 0 Å². The average molecular weight is 137 g/mol. The van der Waals surface area contributed by atoms with Crippen LogP contribution in [0.2, 0.25) is 0 Å². The lowest BCUT2D eigenvalue weighted by Crippen LogP contribution is -1.80. The zero-order valence-corrected chi connectivity index (χ0v) is 6.67. The molecule has 0 aromatic rings. The van der Waals surface area contributed by atoms with Crippen molar-refractivity contribution in [2.45, 2.75) is 20.3 Å². The van der Waals surface area contributed by atoms with Gasteiger partial charge < -0.3 is 5.41 Å². The zero-order valence-electron chi connectivity index (χ0n) is 6.67. The van der Waals surface area contributed by atoms with Crippen LogP contribution < -0.4 is 0 Å². The van der Waals surface area contributed by atoms with Gasteiger partial charge in [0, 0.05) is 6.21 Å². The second kappa shape index (κ2) is 6.27. The molecule has 1 nitrogen and oxygen atoms in total. The third-order valence-electron chi connectivity index (χ3n) is 1.19. The summed E-state index contributed by atoms with van der Waals surface area (Å²) in [5.41, 5.74) is 0. The van der Waals surface area contributed by atoms with Crippen LogP contribution in [0.25, 0.3) is 0 Å². The van der Waals surface area contributed by atoms with E-state index in [0.717, 1.165) is 6.42 Å². The highest BCUT2D eigenvalue weighted by atomic mass is 14.3. The van der Waals surface area contributed by atoms with Gasteiger partial charge in [0.05, 0.1) is 0 Å². The fraction of sp³-hybridized carbons (Fsp3) is 0.444. The molecule has 0 bridgehead atoms. The molecule has 0 saturated carbocycles. The van der Waals surface area contributed by atoms with Crippen molar-refractivity contribution in [1.29, 1.82) is 5.41 Å². The summed E-state index contributed by atoms with van der Waals surface area (Å²) in [6, 6.07) is 0. The van der Waals surface area contributed by atoms with Gasteiger partial charge >= 0.3 is 0 Å². The first-order chi connectivity index (χ1) is 4.81. The van der Waals surface area contributed by atoms with Gasteiger partial charge in [-0.1, -0.05) is 32.1 Å². The molecular weight excluding hydrogens is 122 g/mol. The second-order valence-electron chi connectivity index (χ2n) is 2.25. The fourth-order valence-corrected chi connectivity index (χ4v) is 0.646. The van der Waals surface area contributed by atoms with Crippen molar-refractivity contribution in [1.82, 2.24) is 0 Å². The van der Waals surface area contributed by atoms with E-state index in [9.17, 15) is 0 Å². The minimum Gasteiger partial charge on any atom is -0.309 e. The Bertz CT molecular complexity index is 134. The molecule has 0 aromatic heterocycles. The SMILES string of the molecule is CC/C=C\C(C)/C=C\C=N. The molecule has 1 heteroatoms. The maximum Gasteiger partial charge on any atom is 0.0174 e. The van der Waals surface area contributed by atoms with E-state index >= 15 is 0 Å². The van der Waals surface area contributed by atoms with Crippen LogP contribution in [0.15, 0.2) is 24.3 Å². The first-order valence-corrected chi connectivity index (χ1v) is 3.65. The van der Waals surface area contributed by atoms with Crippen molar-refractivity contribution in [3.05, 3.63) is 24.3 Å². The van der Waals surface area contributed by atoms with Gasteiger partial charge in [0.25, 0.3) is 0 Å². The van der Waals surface area contributed by atoms with Crippen LogP contribution in [-0.4, -0.2) is 6.21 Å². The predicted octanol–water partition coefficient (Wildman–Crippen LogP) is 2.79.